The normalized spacial score (nSPS) is 29.3. The molecule has 0 aromatic heterocycles. The van der Waals surface area contributed by atoms with Gasteiger partial charge in [-0.15, -0.1) is 0 Å². The fourth-order valence-corrected chi connectivity index (χ4v) is 1.99. The molecule has 1 aliphatic heterocycles. The molecule has 3 atom stereocenters. The lowest BCUT2D eigenvalue weighted by molar-refractivity contribution is -0.116. The summed E-state index contributed by atoms with van der Waals surface area (Å²) in [5.41, 5.74) is 0.671. The van der Waals surface area contributed by atoms with Crippen molar-refractivity contribution >= 4 is 11.7 Å². The largest absolute Gasteiger partial charge is 0.384 e. The SMILES string of the molecule is O=C(NC1=CC(=O)C2OC2C1O)c1ccccc1. The summed E-state index contributed by atoms with van der Waals surface area (Å²) in [7, 11) is 0. The zero-order valence-corrected chi connectivity index (χ0v) is 9.37. The van der Waals surface area contributed by atoms with Gasteiger partial charge in [-0.3, -0.25) is 9.59 Å². The van der Waals surface area contributed by atoms with E-state index in [4.69, 9.17) is 4.74 Å². The number of amides is 1. The summed E-state index contributed by atoms with van der Waals surface area (Å²) in [5.74, 6) is -0.568. The molecule has 2 aliphatic rings. The molecule has 2 N–H and O–H groups in total. The third kappa shape index (κ3) is 1.83. The van der Waals surface area contributed by atoms with E-state index in [-0.39, 0.29) is 17.4 Å². The predicted molar refractivity (Wildman–Crippen MR) is 61.7 cm³/mol. The molecule has 1 amide bonds. The molecular weight excluding hydrogens is 234 g/mol. The van der Waals surface area contributed by atoms with Gasteiger partial charge in [-0.1, -0.05) is 18.2 Å². The smallest absolute Gasteiger partial charge is 0.255 e. The number of fused-ring (bicyclic) bond motifs is 1. The van der Waals surface area contributed by atoms with Gasteiger partial charge in [0, 0.05) is 11.6 Å². The second-order valence-corrected chi connectivity index (χ2v) is 4.29. The average molecular weight is 245 g/mol. The number of epoxide rings is 1. The Hall–Kier alpha value is -1.98. The standard InChI is InChI=1S/C13H11NO4/c15-9-6-8(10(16)12-11(9)18-12)14-13(17)7-4-2-1-3-5-7/h1-6,10-12,16H,(H,14,17). The van der Waals surface area contributed by atoms with Crippen LogP contribution < -0.4 is 5.32 Å². The monoisotopic (exact) mass is 245 g/mol. The van der Waals surface area contributed by atoms with Crippen molar-refractivity contribution in [1.82, 2.24) is 5.32 Å². The molecule has 0 saturated carbocycles. The summed E-state index contributed by atoms with van der Waals surface area (Å²) in [6.45, 7) is 0. The molecule has 1 aromatic carbocycles. The molecule has 5 heteroatoms. The number of hydrogen-bond acceptors (Lipinski definition) is 4. The van der Waals surface area contributed by atoms with E-state index in [0.29, 0.717) is 5.56 Å². The maximum absolute atomic E-state index is 11.9. The number of rotatable bonds is 2. The first-order valence-electron chi connectivity index (χ1n) is 5.62. The summed E-state index contributed by atoms with van der Waals surface area (Å²) < 4.78 is 5.02. The predicted octanol–water partition coefficient (Wildman–Crippen LogP) is 0.0113. The molecule has 1 saturated heterocycles. The Morgan fingerprint density at radius 3 is 2.72 bits per heavy atom. The minimum absolute atomic E-state index is 0.201. The van der Waals surface area contributed by atoms with Gasteiger partial charge < -0.3 is 15.2 Å². The zero-order chi connectivity index (χ0) is 12.7. The van der Waals surface area contributed by atoms with E-state index < -0.39 is 18.3 Å². The second kappa shape index (κ2) is 4.04. The Bertz CT molecular complexity index is 537. The second-order valence-electron chi connectivity index (χ2n) is 4.29. The van der Waals surface area contributed by atoms with Gasteiger partial charge in [-0.25, -0.2) is 0 Å². The third-order valence-electron chi connectivity index (χ3n) is 3.03. The van der Waals surface area contributed by atoms with Crippen molar-refractivity contribution in [2.24, 2.45) is 0 Å². The summed E-state index contributed by atoms with van der Waals surface area (Å²) in [6, 6.07) is 8.60. The summed E-state index contributed by atoms with van der Waals surface area (Å²) in [5, 5.41) is 12.4. The van der Waals surface area contributed by atoms with Crippen molar-refractivity contribution in [1.29, 1.82) is 0 Å². The van der Waals surface area contributed by atoms with Crippen LogP contribution in [0.3, 0.4) is 0 Å². The minimum Gasteiger partial charge on any atom is -0.384 e. The van der Waals surface area contributed by atoms with Crippen molar-refractivity contribution in [3.05, 3.63) is 47.7 Å². The van der Waals surface area contributed by atoms with Crippen molar-refractivity contribution < 1.29 is 19.4 Å². The molecule has 3 rings (SSSR count). The van der Waals surface area contributed by atoms with Gasteiger partial charge in [0.25, 0.3) is 5.91 Å². The molecule has 18 heavy (non-hydrogen) atoms. The van der Waals surface area contributed by atoms with Gasteiger partial charge in [-0.2, -0.15) is 0 Å². The average Bonchev–Trinajstić information content (AvgIpc) is 3.17. The molecule has 5 nitrogen and oxygen atoms in total. The number of nitrogens with one attached hydrogen (secondary N) is 1. The Morgan fingerprint density at radius 2 is 2.00 bits per heavy atom. The van der Waals surface area contributed by atoms with Gasteiger partial charge in [0.1, 0.15) is 18.3 Å². The molecule has 1 aliphatic carbocycles. The van der Waals surface area contributed by atoms with E-state index in [1.165, 1.54) is 6.08 Å². The van der Waals surface area contributed by atoms with E-state index in [1.54, 1.807) is 30.3 Å². The lowest BCUT2D eigenvalue weighted by atomic mass is 10.0. The van der Waals surface area contributed by atoms with Crippen LogP contribution in [0.25, 0.3) is 0 Å². The lowest BCUT2D eigenvalue weighted by Gasteiger charge is -2.16. The molecule has 0 radical (unpaired) electrons. The molecule has 1 fully saturated rings. The van der Waals surface area contributed by atoms with Crippen LogP contribution in [0.15, 0.2) is 42.1 Å². The quantitative estimate of drug-likeness (QED) is 0.719. The van der Waals surface area contributed by atoms with E-state index in [9.17, 15) is 14.7 Å². The number of carbonyl (C=O) groups is 2. The highest BCUT2D eigenvalue weighted by molar-refractivity contribution is 6.00. The zero-order valence-electron chi connectivity index (χ0n) is 9.37. The maximum Gasteiger partial charge on any atom is 0.255 e. The summed E-state index contributed by atoms with van der Waals surface area (Å²) >= 11 is 0. The van der Waals surface area contributed by atoms with Crippen LogP contribution >= 0.6 is 0 Å². The first kappa shape index (κ1) is 11.1. The van der Waals surface area contributed by atoms with E-state index in [2.05, 4.69) is 5.32 Å². The van der Waals surface area contributed by atoms with Crippen LogP contribution in [0.5, 0.6) is 0 Å². The molecule has 0 bridgehead atoms. The van der Waals surface area contributed by atoms with Gasteiger partial charge in [0.2, 0.25) is 0 Å². The van der Waals surface area contributed by atoms with Crippen LogP contribution in [-0.4, -0.2) is 35.1 Å². The van der Waals surface area contributed by atoms with Crippen LogP contribution in [-0.2, 0) is 9.53 Å². The topological polar surface area (TPSA) is 78.9 Å². The number of aliphatic hydroxyl groups excluding tert-OH is 1. The highest BCUT2D eigenvalue weighted by atomic mass is 16.6. The summed E-state index contributed by atoms with van der Waals surface area (Å²) in [6.07, 6.45) is -0.744. The van der Waals surface area contributed by atoms with Crippen LogP contribution in [0, 0.1) is 0 Å². The molecule has 3 unspecified atom stereocenters. The minimum atomic E-state index is -0.944. The van der Waals surface area contributed by atoms with Crippen LogP contribution in [0.2, 0.25) is 0 Å². The fourth-order valence-electron chi connectivity index (χ4n) is 1.99. The van der Waals surface area contributed by atoms with Crippen molar-refractivity contribution in [2.75, 3.05) is 0 Å². The Morgan fingerprint density at radius 1 is 1.28 bits per heavy atom. The van der Waals surface area contributed by atoms with Crippen molar-refractivity contribution in [3.63, 3.8) is 0 Å². The summed E-state index contributed by atoms with van der Waals surface area (Å²) in [4.78, 5) is 23.3. The fraction of sp³-hybridized carbons (Fsp3) is 0.231. The van der Waals surface area contributed by atoms with Gasteiger partial charge in [0.15, 0.2) is 5.78 Å². The number of aliphatic hydroxyl groups is 1. The van der Waals surface area contributed by atoms with E-state index >= 15 is 0 Å². The molecule has 92 valence electrons. The first-order valence-corrected chi connectivity index (χ1v) is 5.62. The number of hydrogen-bond donors (Lipinski definition) is 2. The van der Waals surface area contributed by atoms with E-state index in [1.807, 2.05) is 0 Å². The number of benzene rings is 1. The number of carbonyl (C=O) groups excluding carboxylic acids is 2. The van der Waals surface area contributed by atoms with Crippen molar-refractivity contribution in [2.45, 2.75) is 18.3 Å². The first-order chi connectivity index (χ1) is 8.66. The molecule has 1 aromatic rings. The number of ketones is 1. The van der Waals surface area contributed by atoms with Gasteiger partial charge in [0.05, 0.1) is 5.70 Å². The highest BCUT2D eigenvalue weighted by Gasteiger charge is 2.53. The highest BCUT2D eigenvalue weighted by Crippen LogP contribution is 2.33. The van der Waals surface area contributed by atoms with Crippen LogP contribution in [0.4, 0.5) is 0 Å². The third-order valence-corrected chi connectivity index (χ3v) is 3.03. The number of ether oxygens (including phenoxy) is 1. The molecule has 1 heterocycles. The molecule has 0 spiro atoms. The van der Waals surface area contributed by atoms with E-state index in [0.717, 1.165) is 0 Å². The van der Waals surface area contributed by atoms with Gasteiger partial charge >= 0.3 is 0 Å². The Labute approximate surface area is 103 Å². The van der Waals surface area contributed by atoms with Crippen LogP contribution in [0.1, 0.15) is 10.4 Å². The lowest BCUT2D eigenvalue weighted by Crippen LogP contribution is -2.37. The maximum atomic E-state index is 11.9. The van der Waals surface area contributed by atoms with Crippen molar-refractivity contribution in [3.8, 4) is 0 Å². The Balaban J connectivity index is 1.77. The molecular formula is C13H11NO4. The van der Waals surface area contributed by atoms with Gasteiger partial charge in [-0.05, 0) is 12.1 Å². The Kier molecular flexibility index (Phi) is 2.50.